The van der Waals surface area contributed by atoms with Crippen LogP contribution in [0.5, 0.6) is 0 Å². The van der Waals surface area contributed by atoms with Crippen LogP contribution in [0.1, 0.15) is 87.0 Å². The summed E-state index contributed by atoms with van der Waals surface area (Å²) in [4.78, 5) is 85.1. The fraction of sp³-hybridized carbons (Fsp3) is 0.806. The fourth-order valence-corrected chi connectivity index (χ4v) is 5.65. The monoisotopic (exact) mass is 623 g/mol. The molecule has 0 aliphatic carbocycles. The summed E-state index contributed by atoms with van der Waals surface area (Å²) in [5, 5.41) is 16.0. The molecule has 250 valence electrons. The number of cyclic esters (lactones) is 1. The highest BCUT2D eigenvalue weighted by Crippen LogP contribution is 2.25. The Hall–Kier alpha value is -3.22. The van der Waals surface area contributed by atoms with Crippen LogP contribution in [0.15, 0.2) is 0 Å². The largest absolute Gasteiger partial charge is 0.452 e. The first-order valence-electron chi connectivity index (χ1n) is 15.8. The van der Waals surface area contributed by atoms with Gasteiger partial charge in [0, 0.05) is 33.6 Å². The second-order valence-corrected chi connectivity index (χ2v) is 13.0. The molecule has 5 amide bonds. The first kappa shape index (κ1) is 37.0. The molecule has 13 nitrogen and oxygen atoms in total. The lowest BCUT2D eigenvalue weighted by Crippen LogP contribution is -2.61. The summed E-state index contributed by atoms with van der Waals surface area (Å²) in [6.07, 6.45) is 0.200. The zero-order valence-corrected chi connectivity index (χ0v) is 27.8. The first-order chi connectivity index (χ1) is 20.4. The zero-order valence-electron chi connectivity index (χ0n) is 27.8. The number of rotatable bonds is 6. The van der Waals surface area contributed by atoms with Gasteiger partial charge in [0.1, 0.15) is 24.2 Å². The van der Waals surface area contributed by atoms with Crippen molar-refractivity contribution in [3.05, 3.63) is 0 Å². The summed E-state index contributed by atoms with van der Waals surface area (Å²) in [6, 6.07) is -3.71. The van der Waals surface area contributed by atoms with Crippen molar-refractivity contribution in [1.82, 2.24) is 25.3 Å². The van der Waals surface area contributed by atoms with Gasteiger partial charge in [0.05, 0.1) is 12.0 Å². The predicted octanol–water partition coefficient (Wildman–Crippen LogP) is 0.821. The SMILES string of the molecule is CCC(C)C1NC(=O)C2CCCN2C(=O)C(CC(C)(C)O)OC(=O)CCNC(=O)C(C)N(C)C(=O)C(C(C)CC)N(C)C1=O. The molecule has 0 bridgehead atoms. The number of carbonyl (C=O) groups is 6. The predicted molar refractivity (Wildman–Crippen MR) is 163 cm³/mol. The van der Waals surface area contributed by atoms with Crippen LogP contribution in [0.25, 0.3) is 0 Å². The number of carbonyl (C=O) groups excluding carboxylic acids is 6. The minimum absolute atomic E-state index is 0.105. The third-order valence-corrected chi connectivity index (χ3v) is 8.99. The smallest absolute Gasteiger partial charge is 0.308 e. The lowest BCUT2D eigenvalue weighted by Gasteiger charge is -2.38. The van der Waals surface area contributed by atoms with Gasteiger partial charge in [0.25, 0.3) is 5.91 Å². The number of amides is 5. The van der Waals surface area contributed by atoms with E-state index < -0.39 is 71.4 Å². The van der Waals surface area contributed by atoms with Crippen molar-refractivity contribution in [2.24, 2.45) is 11.8 Å². The molecule has 0 aromatic heterocycles. The number of likely N-dealkylation sites (N-methyl/N-ethyl adjacent to an activating group) is 2. The van der Waals surface area contributed by atoms with Crippen molar-refractivity contribution in [3.8, 4) is 0 Å². The fourth-order valence-electron chi connectivity index (χ4n) is 5.65. The highest BCUT2D eigenvalue weighted by Gasteiger charge is 2.43. The van der Waals surface area contributed by atoms with Gasteiger partial charge < -0.3 is 35.2 Å². The van der Waals surface area contributed by atoms with Crippen LogP contribution >= 0.6 is 0 Å². The molecule has 13 heteroatoms. The maximum Gasteiger partial charge on any atom is 0.308 e. The lowest BCUT2D eigenvalue weighted by atomic mass is 9.92. The van der Waals surface area contributed by atoms with E-state index >= 15 is 0 Å². The molecule has 0 saturated carbocycles. The van der Waals surface area contributed by atoms with Crippen molar-refractivity contribution in [3.63, 3.8) is 0 Å². The van der Waals surface area contributed by atoms with Crippen molar-refractivity contribution in [1.29, 1.82) is 0 Å². The molecule has 7 atom stereocenters. The molecule has 2 aliphatic heterocycles. The van der Waals surface area contributed by atoms with E-state index in [0.29, 0.717) is 25.7 Å². The summed E-state index contributed by atoms with van der Waals surface area (Å²) < 4.78 is 5.51. The molecule has 0 radical (unpaired) electrons. The van der Waals surface area contributed by atoms with Crippen LogP contribution < -0.4 is 10.6 Å². The number of nitrogens with zero attached hydrogens (tertiary/aromatic N) is 3. The molecule has 2 aliphatic rings. The number of nitrogens with one attached hydrogen (secondary N) is 2. The van der Waals surface area contributed by atoms with Crippen LogP contribution in [0.3, 0.4) is 0 Å². The normalized spacial score (nSPS) is 28.8. The molecular formula is C31H53N5O8. The van der Waals surface area contributed by atoms with Gasteiger partial charge in [-0.1, -0.05) is 40.5 Å². The van der Waals surface area contributed by atoms with Crippen molar-refractivity contribution in [2.75, 3.05) is 27.2 Å². The van der Waals surface area contributed by atoms with Crippen LogP contribution in [-0.2, 0) is 33.5 Å². The van der Waals surface area contributed by atoms with Gasteiger partial charge in [-0.3, -0.25) is 28.8 Å². The van der Waals surface area contributed by atoms with Crippen LogP contribution in [0, 0.1) is 11.8 Å². The highest BCUT2D eigenvalue weighted by atomic mass is 16.5. The summed E-state index contributed by atoms with van der Waals surface area (Å²) in [7, 11) is 3.03. The molecule has 3 N–H and O–H groups in total. The number of esters is 1. The molecule has 7 unspecified atom stereocenters. The maximum absolute atomic E-state index is 14.1. The second kappa shape index (κ2) is 15.7. The van der Waals surface area contributed by atoms with Crippen LogP contribution in [0.2, 0.25) is 0 Å². The van der Waals surface area contributed by atoms with Gasteiger partial charge in [-0.05, 0) is 45.4 Å². The molecule has 44 heavy (non-hydrogen) atoms. The Balaban J connectivity index is 2.58. The second-order valence-electron chi connectivity index (χ2n) is 13.0. The average Bonchev–Trinajstić information content (AvgIpc) is 3.46. The number of hydrogen-bond donors (Lipinski definition) is 3. The first-order valence-corrected chi connectivity index (χ1v) is 15.8. The number of aliphatic hydroxyl groups is 1. The Morgan fingerprint density at radius 3 is 2.11 bits per heavy atom. The quantitative estimate of drug-likeness (QED) is 0.366. The number of ether oxygens (including phenoxy) is 1. The molecule has 0 aromatic carbocycles. The summed E-state index contributed by atoms with van der Waals surface area (Å²) in [5.41, 5.74) is -1.36. The Kier molecular flexibility index (Phi) is 13.2. The van der Waals surface area contributed by atoms with E-state index in [2.05, 4.69) is 10.6 Å². The van der Waals surface area contributed by atoms with Crippen molar-refractivity contribution < 1.29 is 38.6 Å². The van der Waals surface area contributed by atoms with E-state index in [-0.39, 0.29) is 37.8 Å². The third kappa shape index (κ3) is 9.15. The number of fused-ring (bicyclic) bond motifs is 1. The Morgan fingerprint density at radius 2 is 1.55 bits per heavy atom. The number of hydrogen-bond acceptors (Lipinski definition) is 8. The van der Waals surface area contributed by atoms with Gasteiger partial charge in [0.2, 0.25) is 23.6 Å². The van der Waals surface area contributed by atoms with E-state index in [4.69, 9.17) is 4.74 Å². The van der Waals surface area contributed by atoms with E-state index in [9.17, 15) is 33.9 Å². The molecular weight excluding hydrogens is 570 g/mol. The molecule has 0 spiro atoms. The van der Waals surface area contributed by atoms with Crippen molar-refractivity contribution >= 4 is 35.5 Å². The van der Waals surface area contributed by atoms with Crippen LogP contribution in [0.4, 0.5) is 0 Å². The Morgan fingerprint density at radius 1 is 0.932 bits per heavy atom. The molecule has 2 fully saturated rings. The Labute approximate surface area is 261 Å². The van der Waals surface area contributed by atoms with Gasteiger partial charge in [-0.25, -0.2) is 0 Å². The standard InChI is InChI=1S/C31H53N5O8/c1-10-18(3)24-29(41)35(9)25(19(4)11-2)30(42)34(8)20(5)26(38)32-15-14-23(37)44-22(17-31(6,7)43)28(40)36-16-12-13-21(36)27(39)33-24/h18-22,24-25,43H,10-17H2,1-9H3,(H,32,38)(H,33,39). The van der Waals surface area contributed by atoms with E-state index in [0.717, 1.165) is 0 Å². The van der Waals surface area contributed by atoms with Crippen molar-refractivity contribution in [2.45, 2.75) is 123 Å². The van der Waals surface area contributed by atoms with E-state index in [1.54, 1.807) is 6.92 Å². The van der Waals surface area contributed by atoms with E-state index in [1.165, 1.54) is 42.6 Å². The maximum atomic E-state index is 14.1. The molecule has 0 aromatic rings. The zero-order chi connectivity index (χ0) is 33.5. The minimum Gasteiger partial charge on any atom is -0.452 e. The van der Waals surface area contributed by atoms with Gasteiger partial charge in [-0.2, -0.15) is 0 Å². The van der Waals surface area contributed by atoms with E-state index in [1.807, 2.05) is 27.7 Å². The highest BCUT2D eigenvalue weighted by molar-refractivity contribution is 5.96. The third-order valence-electron chi connectivity index (χ3n) is 8.99. The lowest BCUT2D eigenvalue weighted by molar-refractivity contribution is -0.164. The van der Waals surface area contributed by atoms with Crippen LogP contribution in [-0.4, -0.2) is 118 Å². The van der Waals surface area contributed by atoms with Gasteiger partial charge in [-0.15, -0.1) is 0 Å². The summed E-state index contributed by atoms with van der Waals surface area (Å²) in [5.74, 6) is -3.82. The Bertz CT molecular complexity index is 1080. The molecule has 2 rings (SSSR count). The summed E-state index contributed by atoms with van der Waals surface area (Å²) >= 11 is 0. The summed E-state index contributed by atoms with van der Waals surface area (Å²) in [6.45, 7) is 12.2. The average molecular weight is 624 g/mol. The molecule has 2 heterocycles. The topological polar surface area (TPSA) is 166 Å². The minimum atomic E-state index is -1.36. The molecule has 2 saturated heterocycles. The van der Waals surface area contributed by atoms with Gasteiger partial charge >= 0.3 is 5.97 Å². The van der Waals surface area contributed by atoms with Gasteiger partial charge in [0.15, 0.2) is 6.10 Å².